The summed E-state index contributed by atoms with van der Waals surface area (Å²) in [4.78, 5) is 35.0. The van der Waals surface area contributed by atoms with E-state index in [1.54, 1.807) is 6.07 Å². The molecule has 0 unspecified atom stereocenters. The summed E-state index contributed by atoms with van der Waals surface area (Å²) in [7, 11) is 0. The van der Waals surface area contributed by atoms with Gasteiger partial charge in [-0.3, -0.25) is 14.9 Å². The molecular weight excluding hydrogens is 378 g/mol. The van der Waals surface area contributed by atoms with Crippen LogP contribution in [0.3, 0.4) is 0 Å². The van der Waals surface area contributed by atoms with Gasteiger partial charge in [0.2, 0.25) is 12.6 Å². The highest BCUT2D eigenvalue weighted by Crippen LogP contribution is 2.38. The normalized spacial score (nSPS) is 12.2. The largest absolute Gasteiger partial charge is 0.454 e. The second kappa shape index (κ2) is 8.14. The molecule has 3 rings (SSSR count). The van der Waals surface area contributed by atoms with Crippen molar-refractivity contribution in [1.29, 1.82) is 0 Å². The Morgan fingerprint density at radius 2 is 1.72 bits per heavy atom. The lowest BCUT2D eigenvalue weighted by atomic mass is 9.98. The highest BCUT2D eigenvalue weighted by Gasteiger charge is 2.22. The molecule has 0 radical (unpaired) electrons. The molecule has 0 bridgehead atoms. The molecule has 0 amide bonds. The molecule has 2 aromatic rings. The van der Waals surface area contributed by atoms with Gasteiger partial charge in [-0.15, -0.1) is 0 Å². The van der Waals surface area contributed by atoms with E-state index >= 15 is 0 Å². The summed E-state index contributed by atoms with van der Waals surface area (Å²) in [6.45, 7) is 5.23. The second-order valence-corrected chi connectivity index (χ2v) is 6.64. The third kappa shape index (κ3) is 4.43. The van der Waals surface area contributed by atoms with Crippen LogP contribution in [0, 0.1) is 30.9 Å². The van der Waals surface area contributed by atoms with Gasteiger partial charge in [0.25, 0.3) is 5.69 Å². The molecule has 29 heavy (non-hydrogen) atoms. The molecule has 1 heterocycles. The number of carbonyl (C=O) groups excluding carboxylic acids is 2. The maximum absolute atomic E-state index is 12.4. The summed E-state index contributed by atoms with van der Waals surface area (Å²) >= 11 is 0. The number of nitro groups is 1. The molecule has 0 atom stereocenters. The molecule has 8 heteroatoms. The van der Waals surface area contributed by atoms with Crippen LogP contribution in [0.4, 0.5) is 5.69 Å². The van der Waals surface area contributed by atoms with Crippen LogP contribution in [-0.2, 0) is 9.53 Å². The number of hydrogen-bond donors (Lipinski definition) is 0. The van der Waals surface area contributed by atoms with Crippen molar-refractivity contribution in [3.63, 3.8) is 0 Å². The second-order valence-electron chi connectivity index (χ2n) is 6.64. The maximum atomic E-state index is 12.4. The van der Waals surface area contributed by atoms with Crippen molar-refractivity contribution < 1.29 is 28.7 Å². The van der Waals surface area contributed by atoms with Gasteiger partial charge in [-0.05, 0) is 55.7 Å². The topological polar surface area (TPSA) is 105 Å². The van der Waals surface area contributed by atoms with E-state index in [-0.39, 0.29) is 29.6 Å². The molecule has 0 saturated carbocycles. The number of Topliss-reactive ketones (excluding diaryl/α,β-unsaturated/α-hetero) is 1. The Morgan fingerprint density at radius 3 is 2.41 bits per heavy atom. The number of rotatable bonds is 6. The molecular formula is C21H19NO7. The molecule has 1 aliphatic rings. The minimum absolute atomic E-state index is 0.0261. The van der Waals surface area contributed by atoms with Crippen LogP contribution in [0.25, 0.3) is 6.08 Å². The van der Waals surface area contributed by atoms with E-state index in [9.17, 15) is 19.7 Å². The first-order valence-corrected chi connectivity index (χ1v) is 8.80. The SMILES string of the molecule is Cc1cc(C)c(C(=O)COC(=O)/C=C/c2cc3c(cc2[N+](=O)[O-])OCO3)cc1C. The number of carbonyl (C=O) groups is 2. The average molecular weight is 397 g/mol. The lowest BCUT2D eigenvalue weighted by Crippen LogP contribution is -2.14. The number of aryl methyl sites for hydroxylation is 3. The zero-order valence-electron chi connectivity index (χ0n) is 16.2. The van der Waals surface area contributed by atoms with Gasteiger partial charge in [-0.1, -0.05) is 6.07 Å². The number of hydrogen-bond acceptors (Lipinski definition) is 7. The van der Waals surface area contributed by atoms with Crippen molar-refractivity contribution in [3.05, 3.63) is 68.3 Å². The van der Waals surface area contributed by atoms with E-state index in [0.29, 0.717) is 11.3 Å². The van der Waals surface area contributed by atoms with Crippen molar-refractivity contribution in [2.75, 3.05) is 13.4 Å². The number of nitro benzene ring substituents is 1. The minimum atomic E-state index is -0.785. The molecule has 0 saturated heterocycles. The highest BCUT2D eigenvalue weighted by atomic mass is 16.7. The van der Waals surface area contributed by atoms with Crippen LogP contribution in [0.15, 0.2) is 30.3 Å². The van der Waals surface area contributed by atoms with Crippen molar-refractivity contribution in [3.8, 4) is 11.5 Å². The lowest BCUT2D eigenvalue weighted by Gasteiger charge is -2.09. The standard InChI is InChI=1S/C21H19NO7/c1-12-6-14(3)16(7-13(12)2)18(23)10-27-21(24)5-4-15-8-19-20(29-11-28-19)9-17(15)22(25)26/h4-9H,10-11H2,1-3H3/b5-4+. The third-order valence-electron chi connectivity index (χ3n) is 4.60. The summed E-state index contributed by atoms with van der Waals surface area (Å²) in [6, 6.07) is 6.32. The molecule has 8 nitrogen and oxygen atoms in total. The van der Waals surface area contributed by atoms with Gasteiger partial charge < -0.3 is 14.2 Å². The molecule has 0 aliphatic carbocycles. The Morgan fingerprint density at radius 1 is 1.07 bits per heavy atom. The highest BCUT2D eigenvalue weighted by molar-refractivity contribution is 6.00. The first-order valence-electron chi connectivity index (χ1n) is 8.80. The van der Waals surface area contributed by atoms with Gasteiger partial charge in [0.05, 0.1) is 16.6 Å². The fourth-order valence-electron chi connectivity index (χ4n) is 2.92. The number of ether oxygens (including phenoxy) is 3. The van der Waals surface area contributed by atoms with Gasteiger partial charge in [0, 0.05) is 11.6 Å². The van der Waals surface area contributed by atoms with Crippen molar-refractivity contribution in [2.45, 2.75) is 20.8 Å². The summed E-state index contributed by atoms with van der Waals surface area (Å²) in [5.41, 5.74) is 3.27. The van der Waals surface area contributed by atoms with Crippen LogP contribution < -0.4 is 9.47 Å². The maximum Gasteiger partial charge on any atom is 0.331 e. The molecule has 0 fully saturated rings. The number of nitrogens with zero attached hydrogens (tertiary/aromatic N) is 1. The van der Waals surface area contributed by atoms with Gasteiger partial charge in [-0.25, -0.2) is 4.79 Å². The van der Waals surface area contributed by atoms with Gasteiger partial charge in [-0.2, -0.15) is 0 Å². The predicted molar refractivity (Wildman–Crippen MR) is 104 cm³/mol. The quantitative estimate of drug-likeness (QED) is 0.241. The Hall–Kier alpha value is -3.68. The van der Waals surface area contributed by atoms with E-state index in [1.165, 1.54) is 18.2 Å². The summed E-state index contributed by atoms with van der Waals surface area (Å²) in [5.74, 6) is -0.483. The fourth-order valence-corrected chi connectivity index (χ4v) is 2.92. The van der Waals surface area contributed by atoms with Crippen LogP contribution in [0.5, 0.6) is 11.5 Å². The lowest BCUT2D eigenvalue weighted by molar-refractivity contribution is -0.385. The summed E-state index contributed by atoms with van der Waals surface area (Å²) in [5, 5.41) is 11.2. The zero-order valence-corrected chi connectivity index (χ0v) is 16.2. The Labute approximate surface area is 166 Å². The summed E-state index contributed by atoms with van der Waals surface area (Å²) in [6.07, 6.45) is 2.28. The molecule has 150 valence electrons. The van der Waals surface area contributed by atoms with Gasteiger partial charge in [0.1, 0.15) is 0 Å². The third-order valence-corrected chi connectivity index (χ3v) is 4.60. The average Bonchev–Trinajstić information content (AvgIpc) is 3.13. The smallest absolute Gasteiger partial charge is 0.331 e. The first kappa shape index (κ1) is 20.1. The van der Waals surface area contributed by atoms with E-state index in [0.717, 1.165) is 22.8 Å². The molecule has 0 N–H and O–H groups in total. The predicted octanol–water partition coefficient (Wildman–Crippen LogP) is 3.69. The van der Waals surface area contributed by atoms with Crippen LogP contribution in [0.1, 0.15) is 32.6 Å². The van der Waals surface area contributed by atoms with Gasteiger partial charge >= 0.3 is 5.97 Å². The molecule has 2 aromatic carbocycles. The number of ketones is 1. The zero-order chi connectivity index (χ0) is 21.1. The van der Waals surface area contributed by atoms with E-state index in [2.05, 4.69) is 0 Å². The van der Waals surface area contributed by atoms with Crippen molar-refractivity contribution in [2.24, 2.45) is 0 Å². The van der Waals surface area contributed by atoms with E-state index in [1.807, 2.05) is 26.8 Å². The van der Waals surface area contributed by atoms with Crippen LogP contribution in [0.2, 0.25) is 0 Å². The van der Waals surface area contributed by atoms with E-state index in [4.69, 9.17) is 14.2 Å². The van der Waals surface area contributed by atoms with E-state index < -0.39 is 17.5 Å². The Kier molecular flexibility index (Phi) is 5.63. The number of fused-ring (bicyclic) bond motifs is 1. The summed E-state index contributed by atoms with van der Waals surface area (Å²) < 4.78 is 15.3. The first-order chi connectivity index (χ1) is 13.8. The molecule has 0 spiro atoms. The van der Waals surface area contributed by atoms with Crippen LogP contribution in [-0.4, -0.2) is 30.1 Å². The fraction of sp³-hybridized carbons (Fsp3) is 0.238. The number of benzene rings is 2. The molecule has 0 aromatic heterocycles. The monoisotopic (exact) mass is 397 g/mol. The number of esters is 1. The van der Waals surface area contributed by atoms with Crippen molar-refractivity contribution >= 4 is 23.5 Å². The minimum Gasteiger partial charge on any atom is -0.454 e. The Balaban J connectivity index is 1.68. The Bertz CT molecular complexity index is 1040. The van der Waals surface area contributed by atoms with Gasteiger partial charge in [0.15, 0.2) is 18.1 Å². The molecule has 1 aliphatic heterocycles. The van der Waals surface area contributed by atoms with Crippen LogP contribution >= 0.6 is 0 Å². The van der Waals surface area contributed by atoms with Crippen molar-refractivity contribution in [1.82, 2.24) is 0 Å².